The number of anilines is 1. The van der Waals surface area contributed by atoms with Gasteiger partial charge in [-0.1, -0.05) is 0 Å². The highest BCUT2D eigenvalue weighted by atomic mass is 32.2. The number of nitrogens with zero attached hydrogens (tertiary/aromatic N) is 2. The highest BCUT2D eigenvalue weighted by Crippen LogP contribution is 2.38. The van der Waals surface area contributed by atoms with Crippen molar-refractivity contribution in [3.05, 3.63) is 28.8 Å². The van der Waals surface area contributed by atoms with Crippen LogP contribution in [-0.2, 0) is 22.4 Å². The molecule has 0 fully saturated rings. The zero-order valence-corrected chi connectivity index (χ0v) is 22.5. The minimum atomic E-state index is -0.486. The zero-order valence-electron chi connectivity index (χ0n) is 20.9. The number of fused-ring (bicyclic) bond motifs is 1. The SMILES string of the molecule is CC(C)OC(=O)Nc1ccc(-c2nc3c(s2)CN(C(=O)OC(C)C)CC3)c(SNC(C)(C)C)c1. The van der Waals surface area contributed by atoms with Gasteiger partial charge in [-0.3, -0.25) is 10.0 Å². The van der Waals surface area contributed by atoms with E-state index in [4.69, 9.17) is 14.5 Å². The van der Waals surface area contributed by atoms with Gasteiger partial charge in [0, 0.05) is 39.5 Å². The number of carbonyl (C=O) groups excluding carboxylic acids is 2. The fraction of sp³-hybridized carbons (Fsp3) is 0.542. The number of rotatable bonds is 6. The average Bonchev–Trinajstić information content (AvgIpc) is 3.13. The lowest BCUT2D eigenvalue weighted by Gasteiger charge is -2.26. The fourth-order valence-corrected chi connectivity index (χ4v) is 5.28. The second-order valence-corrected chi connectivity index (χ2v) is 11.7. The van der Waals surface area contributed by atoms with E-state index in [2.05, 4.69) is 30.8 Å². The standard InChI is InChI=1S/C24H34N4O4S2/c1-14(2)31-22(29)25-16-8-9-17(19(12-16)34-27-24(5,6)7)21-26-18-10-11-28(13-20(18)33-21)23(30)32-15(3)4/h8-9,12,14-15,27H,10-11,13H2,1-7H3,(H,25,29). The number of ether oxygens (including phenoxy) is 2. The van der Waals surface area contributed by atoms with Gasteiger partial charge in [0.1, 0.15) is 5.01 Å². The molecule has 10 heteroatoms. The first kappa shape index (κ1) is 26.3. The van der Waals surface area contributed by atoms with Crippen LogP contribution in [0.15, 0.2) is 23.1 Å². The maximum Gasteiger partial charge on any atom is 0.411 e. The van der Waals surface area contributed by atoms with Crippen LogP contribution in [0.3, 0.4) is 0 Å². The number of hydrogen-bond acceptors (Lipinski definition) is 8. The molecule has 0 radical (unpaired) electrons. The Morgan fingerprint density at radius 1 is 1.15 bits per heavy atom. The van der Waals surface area contributed by atoms with Crippen molar-refractivity contribution in [3.63, 3.8) is 0 Å². The molecule has 0 spiro atoms. The van der Waals surface area contributed by atoms with Crippen molar-refractivity contribution in [2.24, 2.45) is 0 Å². The first-order chi connectivity index (χ1) is 15.9. The molecule has 2 aromatic rings. The molecular formula is C24H34N4O4S2. The Hall–Kier alpha value is -2.30. The van der Waals surface area contributed by atoms with Crippen LogP contribution in [0.5, 0.6) is 0 Å². The van der Waals surface area contributed by atoms with Crippen LogP contribution in [0.2, 0.25) is 0 Å². The molecule has 1 aromatic heterocycles. The summed E-state index contributed by atoms with van der Waals surface area (Å²) in [5.41, 5.74) is 2.54. The molecule has 1 aliphatic heterocycles. The molecule has 2 heterocycles. The molecular weight excluding hydrogens is 472 g/mol. The number of aromatic nitrogens is 1. The first-order valence-electron chi connectivity index (χ1n) is 11.4. The first-order valence-corrected chi connectivity index (χ1v) is 13.0. The van der Waals surface area contributed by atoms with Gasteiger partial charge in [0.25, 0.3) is 0 Å². The second kappa shape index (κ2) is 11.0. The van der Waals surface area contributed by atoms with Crippen molar-refractivity contribution < 1.29 is 19.1 Å². The molecule has 186 valence electrons. The number of amides is 2. The summed E-state index contributed by atoms with van der Waals surface area (Å²) < 4.78 is 14.0. The minimum absolute atomic E-state index is 0.110. The summed E-state index contributed by atoms with van der Waals surface area (Å²) in [5, 5.41) is 3.68. The Kier molecular flexibility index (Phi) is 8.48. The molecule has 2 N–H and O–H groups in total. The summed E-state index contributed by atoms with van der Waals surface area (Å²) >= 11 is 3.09. The van der Waals surface area contributed by atoms with Gasteiger partial charge in [-0.25, -0.2) is 14.6 Å². The molecule has 34 heavy (non-hydrogen) atoms. The Bertz CT molecular complexity index is 1030. The fourth-order valence-electron chi connectivity index (χ4n) is 3.17. The number of benzene rings is 1. The number of hydrogen-bond donors (Lipinski definition) is 2. The van der Waals surface area contributed by atoms with Crippen LogP contribution in [0.25, 0.3) is 10.6 Å². The Balaban J connectivity index is 1.86. The second-order valence-electron chi connectivity index (χ2n) is 9.74. The van der Waals surface area contributed by atoms with Crippen molar-refractivity contribution in [3.8, 4) is 10.6 Å². The van der Waals surface area contributed by atoms with Gasteiger partial charge in [-0.15, -0.1) is 11.3 Å². The molecule has 2 amide bonds. The zero-order chi connectivity index (χ0) is 25.0. The number of thiazole rings is 1. The van der Waals surface area contributed by atoms with Gasteiger partial charge in [-0.05, 0) is 78.6 Å². The molecule has 0 saturated heterocycles. The highest BCUT2D eigenvalue weighted by Gasteiger charge is 2.26. The van der Waals surface area contributed by atoms with E-state index < -0.39 is 6.09 Å². The normalized spacial score (nSPS) is 13.7. The Morgan fingerprint density at radius 3 is 2.50 bits per heavy atom. The van der Waals surface area contributed by atoms with E-state index >= 15 is 0 Å². The van der Waals surface area contributed by atoms with Crippen molar-refractivity contribution in [1.29, 1.82) is 0 Å². The molecule has 0 bridgehead atoms. The lowest BCUT2D eigenvalue weighted by atomic mass is 10.1. The molecule has 0 saturated carbocycles. The van der Waals surface area contributed by atoms with E-state index in [1.807, 2.05) is 45.9 Å². The molecule has 3 rings (SSSR count). The third kappa shape index (κ3) is 7.35. The summed E-state index contributed by atoms with van der Waals surface area (Å²) in [6.07, 6.45) is -0.423. The lowest BCUT2D eigenvalue weighted by Crippen LogP contribution is -2.37. The third-order valence-electron chi connectivity index (χ3n) is 4.59. The smallest absolute Gasteiger partial charge is 0.411 e. The summed E-state index contributed by atoms with van der Waals surface area (Å²) in [5.74, 6) is 0. The molecule has 0 unspecified atom stereocenters. The lowest BCUT2D eigenvalue weighted by molar-refractivity contribution is 0.0732. The Labute approximate surface area is 209 Å². The Morgan fingerprint density at radius 2 is 1.85 bits per heavy atom. The van der Waals surface area contributed by atoms with Gasteiger partial charge in [0.05, 0.1) is 24.4 Å². The third-order valence-corrected chi connectivity index (χ3v) is 6.98. The molecule has 1 aliphatic rings. The average molecular weight is 507 g/mol. The molecule has 8 nitrogen and oxygen atoms in total. The largest absolute Gasteiger partial charge is 0.447 e. The van der Waals surface area contributed by atoms with Crippen molar-refractivity contribution in [2.45, 2.75) is 84.1 Å². The van der Waals surface area contributed by atoms with Crippen LogP contribution in [0, 0.1) is 0 Å². The number of carbonyl (C=O) groups is 2. The predicted octanol–water partition coefficient (Wildman–Crippen LogP) is 6.07. The summed E-state index contributed by atoms with van der Waals surface area (Å²) in [6, 6.07) is 5.74. The maximum absolute atomic E-state index is 12.4. The molecule has 1 aromatic carbocycles. The summed E-state index contributed by atoms with van der Waals surface area (Å²) in [6.45, 7) is 14.7. The van der Waals surface area contributed by atoms with Gasteiger partial charge < -0.3 is 14.4 Å². The van der Waals surface area contributed by atoms with E-state index in [-0.39, 0.29) is 23.8 Å². The van der Waals surface area contributed by atoms with Gasteiger partial charge in [-0.2, -0.15) is 0 Å². The van der Waals surface area contributed by atoms with Crippen LogP contribution in [0.1, 0.15) is 59.0 Å². The summed E-state index contributed by atoms with van der Waals surface area (Å²) in [7, 11) is 0. The highest BCUT2D eigenvalue weighted by molar-refractivity contribution is 7.97. The van der Waals surface area contributed by atoms with Crippen LogP contribution >= 0.6 is 23.3 Å². The van der Waals surface area contributed by atoms with Crippen LogP contribution in [-0.4, -0.2) is 46.4 Å². The van der Waals surface area contributed by atoms with E-state index in [1.54, 1.807) is 16.2 Å². The minimum Gasteiger partial charge on any atom is -0.447 e. The molecule has 0 aliphatic carbocycles. The van der Waals surface area contributed by atoms with Crippen molar-refractivity contribution in [1.82, 2.24) is 14.6 Å². The topological polar surface area (TPSA) is 92.8 Å². The predicted molar refractivity (Wildman–Crippen MR) is 137 cm³/mol. The van der Waals surface area contributed by atoms with Crippen LogP contribution in [0.4, 0.5) is 15.3 Å². The van der Waals surface area contributed by atoms with Crippen molar-refractivity contribution >= 4 is 41.2 Å². The number of nitrogens with one attached hydrogen (secondary N) is 2. The van der Waals surface area contributed by atoms with E-state index in [0.29, 0.717) is 25.2 Å². The van der Waals surface area contributed by atoms with E-state index in [0.717, 1.165) is 26.0 Å². The van der Waals surface area contributed by atoms with E-state index in [1.165, 1.54) is 11.9 Å². The molecule has 0 atom stereocenters. The van der Waals surface area contributed by atoms with Crippen LogP contribution < -0.4 is 10.0 Å². The van der Waals surface area contributed by atoms with Gasteiger partial charge in [0.15, 0.2) is 0 Å². The monoisotopic (exact) mass is 506 g/mol. The summed E-state index contributed by atoms with van der Waals surface area (Å²) in [4.78, 5) is 33.1. The van der Waals surface area contributed by atoms with E-state index in [9.17, 15) is 9.59 Å². The maximum atomic E-state index is 12.4. The quantitative estimate of drug-likeness (QED) is 0.460. The van der Waals surface area contributed by atoms with Gasteiger partial charge in [0.2, 0.25) is 0 Å². The van der Waals surface area contributed by atoms with Gasteiger partial charge >= 0.3 is 12.2 Å². The van der Waals surface area contributed by atoms with Crippen molar-refractivity contribution in [2.75, 3.05) is 11.9 Å².